The Labute approximate surface area is 148 Å². The van der Waals surface area contributed by atoms with Crippen LogP contribution in [0, 0.1) is 0 Å². The van der Waals surface area contributed by atoms with Gasteiger partial charge in [-0.25, -0.2) is 0 Å². The molecule has 0 aliphatic rings. The van der Waals surface area contributed by atoms with E-state index >= 15 is 0 Å². The zero-order valence-electron chi connectivity index (χ0n) is 12.1. The summed E-state index contributed by atoms with van der Waals surface area (Å²) in [5.74, 6) is 0. The molecule has 21 heteroatoms. The molecule has 0 heterocycles. The van der Waals surface area contributed by atoms with Crippen LogP contribution in [0.4, 0.5) is 87.8 Å². The van der Waals surface area contributed by atoms with E-state index in [1.165, 1.54) is 0 Å². The van der Waals surface area contributed by atoms with Gasteiger partial charge < -0.3 is 0 Å². The molecule has 0 nitrogen and oxygen atoms in total. The van der Waals surface area contributed by atoms with Gasteiger partial charge in [0.05, 0.1) is 0 Å². The number of alkyl halides is 20. The van der Waals surface area contributed by atoms with E-state index < -0.39 is 59.4 Å². The van der Waals surface area contributed by atoms with Gasteiger partial charge in [-0.2, -0.15) is 0 Å². The summed E-state index contributed by atoms with van der Waals surface area (Å²) in [6.07, 6.45) is -34.1. The third-order valence-corrected chi connectivity index (χ3v) is 19.8. The van der Waals surface area contributed by atoms with Crippen molar-refractivity contribution in [3.8, 4) is 0 Å². The first-order valence-electron chi connectivity index (χ1n) is 5.93. The van der Waals surface area contributed by atoms with Crippen LogP contribution in [0.2, 0.25) is 0 Å². The van der Waals surface area contributed by atoms with Gasteiger partial charge in [0.15, 0.2) is 0 Å². The van der Waals surface area contributed by atoms with E-state index in [0.717, 1.165) is 0 Å². The maximum atomic E-state index is 13.4. The van der Waals surface area contributed by atoms with Crippen molar-refractivity contribution in [3.05, 3.63) is 0 Å². The van der Waals surface area contributed by atoms with Gasteiger partial charge in [-0.3, -0.25) is 0 Å². The molecule has 0 fully saturated rings. The molecule has 0 aliphatic carbocycles. The number of hydrogen-bond acceptors (Lipinski definition) is 0. The summed E-state index contributed by atoms with van der Waals surface area (Å²) in [7, 11) is 0. The summed E-state index contributed by atoms with van der Waals surface area (Å²) in [4.78, 5) is 0. The molecule has 0 saturated carbocycles. The molecule has 0 unspecified atom stereocenters. The van der Waals surface area contributed by atoms with Gasteiger partial charge in [0, 0.05) is 0 Å². The normalized spacial score (nSPS) is 17.0. The van der Waals surface area contributed by atoms with Crippen LogP contribution in [-0.2, 0) is 0 Å². The van der Waals surface area contributed by atoms with Crippen LogP contribution in [0.1, 0.15) is 0 Å². The van der Waals surface area contributed by atoms with Gasteiger partial charge in [0.2, 0.25) is 0 Å². The number of rotatable bonds is 4. The maximum absolute atomic E-state index is 13.4. The van der Waals surface area contributed by atoms with Crippen molar-refractivity contribution in [2.75, 3.05) is 0 Å². The van der Waals surface area contributed by atoms with Crippen LogP contribution >= 0.6 is 0 Å². The Kier molecular flexibility index (Phi) is 6.61. The monoisotopic (exact) mass is 591 g/mol. The molecule has 0 spiro atoms. The second-order valence-electron chi connectivity index (χ2n) is 5.35. The quantitative estimate of drug-likeness (QED) is 0.333. The SMILES string of the molecule is FC(F)(F)[C](F)(F)[In-]([C](F)(F)C(F)(F)F)([C](F)(F)C(F)(F)F)[C](F)(F)C(F)(F)F. The summed E-state index contributed by atoms with van der Waals surface area (Å²) in [5, 5.41) is 0. The molecule has 0 atom stereocenters. The zero-order valence-corrected chi connectivity index (χ0v) is 15.4. The number of hydrogen-bond donors (Lipinski definition) is 0. The standard InChI is InChI=1S/4C2F5.In/c4*3-1(4)2(5,6)7;/q;;;;-1. The minimum atomic E-state index is -13.4. The van der Waals surface area contributed by atoms with Crippen molar-refractivity contribution >= 4 is 20.0 Å². The van der Waals surface area contributed by atoms with E-state index in [9.17, 15) is 87.8 Å². The molecule has 0 saturated heterocycles. The second kappa shape index (κ2) is 6.73. The molecule has 0 N–H and O–H groups in total. The van der Waals surface area contributed by atoms with E-state index in [2.05, 4.69) is 0 Å². The first-order chi connectivity index (χ1) is 12.0. The number of halogens is 20. The van der Waals surface area contributed by atoms with E-state index in [1.807, 2.05) is 0 Å². The molecule has 0 rings (SSSR count). The summed E-state index contributed by atoms with van der Waals surface area (Å²) in [5.41, 5.74) is 0. The molecule has 0 aromatic heterocycles. The molecule has 176 valence electrons. The van der Waals surface area contributed by atoms with Gasteiger partial charge in [-0.15, -0.1) is 0 Å². The van der Waals surface area contributed by atoms with E-state index in [1.54, 1.807) is 0 Å². The Hall–Kier alpha value is -0.530. The third kappa shape index (κ3) is 3.49. The second-order valence-corrected chi connectivity index (χ2v) is 18.6. The van der Waals surface area contributed by atoms with Gasteiger partial charge in [-0.05, 0) is 0 Å². The summed E-state index contributed by atoms with van der Waals surface area (Å²) >= 11 is -13.4. The van der Waals surface area contributed by atoms with Crippen LogP contribution in [-0.4, -0.2) is 59.4 Å². The molecule has 0 bridgehead atoms. The van der Waals surface area contributed by atoms with Gasteiger partial charge in [0.1, 0.15) is 0 Å². The predicted molar refractivity (Wildman–Crippen MR) is 49.8 cm³/mol. The predicted octanol–water partition coefficient (Wildman–Crippen LogP) is 6.38. The first-order valence-corrected chi connectivity index (χ1v) is 12.5. The summed E-state index contributed by atoms with van der Waals surface area (Å²) < 4.78 is 218. The fraction of sp³-hybridized carbons (Fsp3) is 1.00. The van der Waals surface area contributed by atoms with E-state index in [0.29, 0.717) is 0 Å². The van der Waals surface area contributed by atoms with Crippen molar-refractivity contribution in [1.29, 1.82) is 0 Å². The average Bonchev–Trinajstić information content (AvgIpc) is 2.31. The Morgan fingerprint density at radius 2 is 0.345 bits per heavy atom. The molecule has 0 radical (unpaired) electrons. The molecule has 0 aromatic rings. The van der Waals surface area contributed by atoms with Gasteiger partial charge in [0.25, 0.3) is 0 Å². The summed E-state index contributed by atoms with van der Waals surface area (Å²) in [6, 6.07) is 0. The van der Waals surface area contributed by atoms with Gasteiger partial charge >= 0.3 is 147 Å². The minimum absolute atomic E-state index is 8.52. The topological polar surface area (TPSA) is 0 Å². The van der Waals surface area contributed by atoms with Crippen molar-refractivity contribution in [1.82, 2.24) is 0 Å². The fourth-order valence-electron chi connectivity index (χ4n) is 2.35. The average molecular weight is 591 g/mol. The van der Waals surface area contributed by atoms with Crippen LogP contribution < -0.4 is 0 Å². The molecule has 0 aromatic carbocycles. The Morgan fingerprint density at radius 1 is 0.241 bits per heavy atom. The van der Waals surface area contributed by atoms with Crippen molar-refractivity contribution in [3.63, 3.8) is 0 Å². The van der Waals surface area contributed by atoms with E-state index in [-0.39, 0.29) is 0 Å². The fourth-order valence-corrected chi connectivity index (χ4v) is 15.8. The molecule has 0 aliphatic heterocycles. The van der Waals surface area contributed by atoms with Crippen LogP contribution in [0.3, 0.4) is 0 Å². The Balaban J connectivity index is 8.26. The first kappa shape index (κ1) is 28.5. The van der Waals surface area contributed by atoms with Crippen LogP contribution in [0.5, 0.6) is 0 Å². The Morgan fingerprint density at radius 3 is 0.414 bits per heavy atom. The Bertz CT molecular complexity index is 486. The molecular formula is C8F20In-. The molecule has 0 amide bonds. The van der Waals surface area contributed by atoms with Crippen LogP contribution in [0.15, 0.2) is 0 Å². The van der Waals surface area contributed by atoms with Crippen molar-refractivity contribution in [2.45, 2.75) is 39.4 Å². The van der Waals surface area contributed by atoms with Crippen molar-refractivity contribution < 1.29 is 87.8 Å². The van der Waals surface area contributed by atoms with E-state index in [4.69, 9.17) is 0 Å². The molecule has 29 heavy (non-hydrogen) atoms. The summed E-state index contributed by atoms with van der Waals surface area (Å²) in [6.45, 7) is 0. The molecular weight excluding hydrogens is 591 g/mol. The zero-order chi connectivity index (χ0) is 24.5. The van der Waals surface area contributed by atoms with Crippen LogP contribution in [0.25, 0.3) is 0 Å². The third-order valence-electron chi connectivity index (χ3n) is 3.69. The van der Waals surface area contributed by atoms with Gasteiger partial charge in [-0.1, -0.05) is 0 Å². The van der Waals surface area contributed by atoms with Crippen molar-refractivity contribution in [2.24, 2.45) is 0 Å².